The predicted molar refractivity (Wildman–Crippen MR) is 88.7 cm³/mol. The van der Waals surface area contributed by atoms with E-state index in [-0.39, 0.29) is 6.01 Å². The molecule has 4 aromatic rings. The molecule has 108 valence electrons. The molecule has 0 fully saturated rings. The molecule has 0 saturated carbocycles. The number of aromatic amines is 1. The van der Waals surface area contributed by atoms with Crippen LogP contribution in [-0.4, -0.2) is 9.97 Å². The summed E-state index contributed by atoms with van der Waals surface area (Å²) in [6.45, 7) is 0. The van der Waals surface area contributed by atoms with Crippen LogP contribution in [0.2, 0.25) is 5.02 Å². The third kappa shape index (κ3) is 2.05. The average Bonchev–Trinajstić information content (AvgIpc) is 3.11. The summed E-state index contributed by atoms with van der Waals surface area (Å²) in [4.78, 5) is 7.70. The molecular weight excluding hydrogens is 298 g/mol. The number of aromatic nitrogens is 2. The summed E-state index contributed by atoms with van der Waals surface area (Å²) in [6.07, 6.45) is 1.56. The zero-order valence-electron chi connectivity index (χ0n) is 11.5. The van der Waals surface area contributed by atoms with Gasteiger partial charge in [-0.1, -0.05) is 41.9 Å². The number of nitrogens with two attached hydrogens (primary N) is 1. The topological polar surface area (TPSA) is 67.8 Å². The number of hydrogen-bond acceptors (Lipinski definition) is 3. The van der Waals surface area contributed by atoms with Crippen LogP contribution in [0.3, 0.4) is 0 Å². The van der Waals surface area contributed by atoms with Crippen LogP contribution in [0.4, 0.5) is 6.01 Å². The fraction of sp³-hybridized carbons (Fsp3) is 0. The number of rotatable bonds is 2. The number of benzene rings is 2. The van der Waals surface area contributed by atoms with Crippen molar-refractivity contribution in [2.45, 2.75) is 0 Å². The van der Waals surface area contributed by atoms with Crippen molar-refractivity contribution in [2.24, 2.45) is 0 Å². The monoisotopic (exact) mass is 309 g/mol. The minimum atomic E-state index is 0.144. The van der Waals surface area contributed by atoms with Crippen molar-refractivity contribution in [3.05, 3.63) is 59.8 Å². The Morgan fingerprint density at radius 3 is 2.64 bits per heavy atom. The molecule has 0 amide bonds. The smallest absolute Gasteiger partial charge is 0.292 e. The van der Waals surface area contributed by atoms with Gasteiger partial charge in [0.2, 0.25) is 0 Å². The molecule has 0 atom stereocenters. The lowest BCUT2D eigenvalue weighted by Crippen LogP contribution is -1.85. The number of halogens is 1. The van der Waals surface area contributed by atoms with Gasteiger partial charge in [-0.05, 0) is 23.8 Å². The van der Waals surface area contributed by atoms with E-state index < -0.39 is 0 Å². The van der Waals surface area contributed by atoms with Crippen LogP contribution in [0.5, 0.6) is 0 Å². The van der Waals surface area contributed by atoms with Crippen molar-refractivity contribution in [2.75, 3.05) is 5.73 Å². The van der Waals surface area contributed by atoms with Gasteiger partial charge in [0.05, 0.1) is 5.69 Å². The van der Waals surface area contributed by atoms with Gasteiger partial charge in [-0.15, -0.1) is 0 Å². The Bertz CT molecular complexity index is 957. The first-order valence-electron chi connectivity index (χ1n) is 6.80. The Balaban J connectivity index is 2.08. The van der Waals surface area contributed by atoms with Gasteiger partial charge < -0.3 is 15.1 Å². The summed E-state index contributed by atoms with van der Waals surface area (Å²) in [5, 5.41) is 1.66. The van der Waals surface area contributed by atoms with E-state index in [1.54, 1.807) is 6.26 Å². The van der Waals surface area contributed by atoms with Crippen LogP contribution in [0.15, 0.2) is 59.2 Å². The Hall–Kier alpha value is -2.72. The van der Waals surface area contributed by atoms with Gasteiger partial charge in [0.1, 0.15) is 12.0 Å². The first kappa shape index (κ1) is 13.0. The summed E-state index contributed by atoms with van der Waals surface area (Å²) in [7, 11) is 0. The second-order valence-electron chi connectivity index (χ2n) is 5.00. The SMILES string of the molecule is Nc1nc(-c2c(-c3ccccc3)[nH]c3ccc(Cl)cc23)co1. The molecule has 3 N–H and O–H groups in total. The molecule has 2 heterocycles. The number of nitrogens with one attached hydrogen (secondary N) is 1. The second kappa shape index (κ2) is 4.93. The molecule has 0 aliphatic heterocycles. The van der Waals surface area contributed by atoms with E-state index in [1.165, 1.54) is 0 Å². The zero-order chi connectivity index (χ0) is 15.1. The molecule has 2 aromatic heterocycles. The third-order valence-corrected chi connectivity index (χ3v) is 3.84. The molecule has 0 bridgehead atoms. The number of fused-ring (bicyclic) bond motifs is 1. The lowest BCUT2D eigenvalue weighted by atomic mass is 10.0. The number of anilines is 1. The highest BCUT2D eigenvalue weighted by atomic mass is 35.5. The minimum absolute atomic E-state index is 0.144. The van der Waals surface area contributed by atoms with Gasteiger partial charge in [0.25, 0.3) is 6.01 Å². The van der Waals surface area contributed by atoms with Crippen LogP contribution < -0.4 is 5.73 Å². The Kier molecular flexibility index (Phi) is 2.91. The van der Waals surface area contributed by atoms with E-state index in [2.05, 4.69) is 9.97 Å². The van der Waals surface area contributed by atoms with E-state index in [0.717, 1.165) is 27.7 Å². The highest BCUT2D eigenvalue weighted by Crippen LogP contribution is 2.38. The predicted octanol–water partition coefficient (Wildman–Crippen LogP) is 4.73. The number of nitrogen functional groups attached to an aromatic ring is 1. The Labute approximate surface area is 131 Å². The van der Waals surface area contributed by atoms with Gasteiger partial charge in [-0.3, -0.25) is 0 Å². The molecule has 22 heavy (non-hydrogen) atoms. The van der Waals surface area contributed by atoms with Crippen molar-refractivity contribution >= 4 is 28.5 Å². The van der Waals surface area contributed by atoms with Gasteiger partial charge in [-0.25, -0.2) is 0 Å². The molecule has 5 heteroatoms. The molecule has 4 nitrogen and oxygen atoms in total. The van der Waals surface area contributed by atoms with Crippen LogP contribution in [-0.2, 0) is 0 Å². The summed E-state index contributed by atoms with van der Waals surface area (Å²) >= 11 is 6.16. The summed E-state index contributed by atoms with van der Waals surface area (Å²) in [5.74, 6) is 0. The normalized spacial score (nSPS) is 11.1. The van der Waals surface area contributed by atoms with Crippen LogP contribution in [0.1, 0.15) is 0 Å². The van der Waals surface area contributed by atoms with Crippen molar-refractivity contribution in [3.63, 3.8) is 0 Å². The van der Waals surface area contributed by atoms with Gasteiger partial charge in [-0.2, -0.15) is 4.98 Å². The molecule has 0 unspecified atom stereocenters. The molecule has 4 rings (SSSR count). The lowest BCUT2D eigenvalue weighted by Gasteiger charge is -2.02. The average molecular weight is 310 g/mol. The largest absolute Gasteiger partial charge is 0.432 e. The molecule has 2 aromatic carbocycles. The number of hydrogen-bond donors (Lipinski definition) is 2. The van der Waals surface area contributed by atoms with Crippen molar-refractivity contribution in [1.29, 1.82) is 0 Å². The molecule has 0 spiro atoms. The van der Waals surface area contributed by atoms with E-state index in [0.29, 0.717) is 10.7 Å². The van der Waals surface area contributed by atoms with E-state index >= 15 is 0 Å². The Morgan fingerprint density at radius 1 is 1.09 bits per heavy atom. The number of oxazole rings is 1. The number of H-pyrrole nitrogens is 1. The van der Waals surface area contributed by atoms with Gasteiger partial charge in [0.15, 0.2) is 0 Å². The quantitative estimate of drug-likeness (QED) is 0.562. The standard InChI is InChI=1S/C17H12ClN3O/c18-11-6-7-13-12(8-11)15(14-9-22-17(19)21-14)16(20-13)10-4-2-1-3-5-10/h1-9,20H,(H2,19,21). The highest BCUT2D eigenvalue weighted by molar-refractivity contribution is 6.31. The molecule has 0 radical (unpaired) electrons. The fourth-order valence-corrected chi connectivity index (χ4v) is 2.83. The van der Waals surface area contributed by atoms with Crippen molar-refractivity contribution < 1.29 is 4.42 Å². The van der Waals surface area contributed by atoms with E-state index in [1.807, 2.05) is 48.5 Å². The summed E-state index contributed by atoms with van der Waals surface area (Å²) < 4.78 is 5.18. The number of nitrogens with zero attached hydrogens (tertiary/aromatic N) is 1. The van der Waals surface area contributed by atoms with Crippen molar-refractivity contribution in [3.8, 4) is 22.5 Å². The molecule has 0 saturated heterocycles. The van der Waals surface area contributed by atoms with Gasteiger partial charge >= 0.3 is 0 Å². The summed E-state index contributed by atoms with van der Waals surface area (Å²) in [6, 6.07) is 15.9. The molecular formula is C17H12ClN3O. The maximum absolute atomic E-state index is 6.16. The molecule has 0 aliphatic rings. The summed E-state index contributed by atoms with van der Waals surface area (Å²) in [5.41, 5.74) is 10.3. The first-order valence-corrected chi connectivity index (χ1v) is 7.18. The molecule has 0 aliphatic carbocycles. The lowest BCUT2D eigenvalue weighted by molar-refractivity contribution is 0.581. The minimum Gasteiger partial charge on any atom is -0.432 e. The van der Waals surface area contributed by atoms with E-state index in [4.69, 9.17) is 21.8 Å². The van der Waals surface area contributed by atoms with Gasteiger partial charge in [0, 0.05) is 21.5 Å². The maximum atomic E-state index is 6.16. The van der Waals surface area contributed by atoms with Crippen molar-refractivity contribution in [1.82, 2.24) is 9.97 Å². The highest BCUT2D eigenvalue weighted by Gasteiger charge is 2.18. The van der Waals surface area contributed by atoms with Crippen LogP contribution in [0.25, 0.3) is 33.4 Å². The van der Waals surface area contributed by atoms with Crippen LogP contribution >= 0.6 is 11.6 Å². The first-order chi connectivity index (χ1) is 10.7. The van der Waals surface area contributed by atoms with Crippen LogP contribution in [0, 0.1) is 0 Å². The maximum Gasteiger partial charge on any atom is 0.292 e. The second-order valence-corrected chi connectivity index (χ2v) is 5.44. The Morgan fingerprint density at radius 2 is 1.91 bits per heavy atom. The fourth-order valence-electron chi connectivity index (χ4n) is 2.65. The van der Waals surface area contributed by atoms with E-state index in [9.17, 15) is 0 Å². The third-order valence-electron chi connectivity index (χ3n) is 3.60. The zero-order valence-corrected chi connectivity index (χ0v) is 12.3.